The van der Waals surface area contributed by atoms with Crippen LogP contribution in [-0.2, 0) is 4.79 Å². The van der Waals surface area contributed by atoms with Crippen LogP contribution in [0.2, 0.25) is 0 Å². The molecular weight excluding hydrogens is 230 g/mol. The number of urea groups is 1. The molecule has 8 heteroatoms. The van der Waals surface area contributed by atoms with Crippen LogP contribution in [-0.4, -0.2) is 34.6 Å². The number of carboxylic acids is 1. The van der Waals surface area contributed by atoms with Crippen molar-refractivity contribution in [1.82, 2.24) is 10.3 Å². The van der Waals surface area contributed by atoms with E-state index in [4.69, 9.17) is 15.6 Å². The molecule has 0 radical (unpaired) electrons. The Morgan fingerprint density at radius 2 is 2.12 bits per heavy atom. The summed E-state index contributed by atoms with van der Waals surface area (Å²) in [4.78, 5) is 35.5. The molecule has 1 aromatic heterocycles. The zero-order chi connectivity index (χ0) is 12.8. The Labute approximate surface area is 95.4 Å². The summed E-state index contributed by atoms with van der Waals surface area (Å²) in [5.41, 5.74) is 4.64. The highest BCUT2D eigenvalue weighted by atomic mass is 16.5. The van der Waals surface area contributed by atoms with Crippen molar-refractivity contribution < 1.29 is 24.2 Å². The number of nitrogens with zero attached hydrogens (tertiary/aromatic N) is 1. The van der Waals surface area contributed by atoms with Gasteiger partial charge in [-0.1, -0.05) is 0 Å². The molecule has 4 N–H and O–H groups in total. The van der Waals surface area contributed by atoms with Gasteiger partial charge in [-0.2, -0.15) is 0 Å². The maximum atomic E-state index is 11.0. The van der Waals surface area contributed by atoms with E-state index in [1.54, 1.807) is 5.32 Å². The maximum absolute atomic E-state index is 11.0. The molecule has 3 amide bonds. The number of carboxylic acid groups (broad SMARTS) is 1. The fourth-order valence-electron chi connectivity index (χ4n) is 0.937. The minimum absolute atomic E-state index is 0.0715. The van der Waals surface area contributed by atoms with Crippen molar-refractivity contribution in [2.24, 2.45) is 5.73 Å². The van der Waals surface area contributed by atoms with Crippen molar-refractivity contribution in [2.75, 3.05) is 6.61 Å². The largest absolute Gasteiger partial charge is 0.482 e. The van der Waals surface area contributed by atoms with E-state index in [-0.39, 0.29) is 11.3 Å². The number of nitrogens with two attached hydrogens (primary N) is 1. The second-order valence-electron chi connectivity index (χ2n) is 2.92. The quantitative estimate of drug-likeness (QED) is 0.639. The summed E-state index contributed by atoms with van der Waals surface area (Å²) in [5, 5.41) is 10.5. The number of aromatic carboxylic acids is 1. The second kappa shape index (κ2) is 5.45. The Balaban J connectivity index is 2.57. The summed E-state index contributed by atoms with van der Waals surface area (Å²) in [7, 11) is 0. The van der Waals surface area contributed by atoms with E-state index in [9.17, 15) is 14.4 Å². The SMILES string of the molecule is NC(=O)NC(=O)COc1cncc(C(=O)O)c1. The Hall–Kier alpha value is -2.64. The summed E-state index contributed by atoms with van der Waals surface area (Å²) >= 11 is 0. The Morgan fingerprint density at radius 3 is 2.71 bits per heavy atom. The third-order valence-electron chi connectivity index (χ3n) is 1.59. The fraction of sp³-hybridized carbons (Fsp3) is 0.111. The lowest BCUT2D eigenvalue weighted by Crippen LogP contribution is -2.38. The zero-order valence-corrected chi connectivity index (χ0v) is 8.54. The van der Waals surface area contributed by atoms with Crippen molar-refractivity contribution in [1.29, 1.82) is 0 Å². The van der Waals surface area contributed by atoms with Gasteiger partial charge in [0.1, 0.15) is 5.75 Å². The van der Waals surface area contributed by atoms with Gasteiger partial charge in [-0.15, -0.1) is 0 Å². The predicted octanol–water partition coefficient (Wildman–Crippen LogP) is -0.646. The lowest BCUT2D eigenvalue weighted by atomic mass is 10.3. The monoisotopic (exact) mass is 239 g/mol. The Kier molecular flexibility index (Phi) is 3.98. The first-order valence-electron chi connectivity index (χ1n) is 4.39. The third-order valence-corrected chi connectivity index (χ3v) is 1.59. The topological polar surface area (TPSA) is 132 Å². The molecule has 1 aromatic rings. The number of aromatic nitrogens is 1. The lowest BCUT2D eigenvalue weighted by molar-refractivity contribution is -0.121. The van der Waals surface area contributed by atoms with Gasteiger partial charge in [0.05, 0.1) is 11.8 Å². The molecule has 0 bridgehead atoms. The van der Waals surface area contributed by atoms with Gasteiger partial charge in [-0.3, -0.25) is 15.1 Å². The van der Waals surface area contributed by atoms with Crippen molar-refractivity contribution in [3.63, 3.8) is 0 Å². The van der Waals surface area contributed by atoms with Crippen LogP contribution in [0.3, 0.4) is 0 Å². The van der Waals surface area contributed by atoms with E-state index in [1.807, 2.05) is 0 Å². The number of hydrogen-bond donors (Lipinski definition) is 3. The van der Waals surface area contributed by atoms with E-state index in [1.165, 1.54) is 12.3 Å². The highest BCUT2D eigenvalue weighted by molar-refractivity contribution is 5.94. The molecule has 0 aliphatic rings. The molecule has 0 saturated carbocycles. The second-order valence-corrected chi connectivity index (χ2v) is 2.92. The molecule has 0 spiro atoms. The molecular formula is C9H9N3O5. The summed E-state index contributed by atoms with van der Waals surface area (Å²) in [5.74, 6) is -1.80. The first-order chi connectivity index (χ1) is 7.99. The standard InChI is InChI=1S/C9H9N3O5/c10-9(16)12-7(13)4-17-6-1-5(8(14)15)2-11-3-6/h1-3H,4H2,(H,14,15)(H3,10,12,13,16). The van der Waals surface area contributed by atoms with E-state index in [0.29, 0.717) is 0 Å². The number of pyridine rings is 1. The van der Waals surface area contributed by atoms with Gasteiger partial charge in [0.2, 0.25) is 0 Å². The highest BCUT2D eigenvalue weighted by Gasteiger charge is 2.08. The van der Waals surface area contributed by atoms with Gasteiger partial charge >= 0.3 is 12.0 Å². The van der Waals surface area contributed by atoms with Crippen LogP contribution in [0, 0.1) is 0 Å². The van der Waals surface area contributed by atoms with Gasteiger partial charge in [0.25, 0.3) is 5.91 Å². The van der Waals surface area contributed by atoms with E-state index in [0.717, 1.165) is 6.20 Å². The van der Waals surface area contributed by atoms with Crippen molar-refractivity contribution in [2.45, 2.75) is 0 Å². The third kappa shape index (κ3) is 4.16. The van der Waals surface area contributed by atoms with Gasteiger partial charge in [0.15, 0.2) is 6.61 Å². The van der Waals surface area contributed by atoms with Crippen LogP contribution < -0.4 is 15.8 Å². The number of rotatable bonds is 4. The average Bonchev–Trinajstić information content (AvgIpc) is 2.26. The van der Waals surface area contributed by atoms with E-state index in [2.05, 4.69) is 4.98 Å². The number of imide groups is 1. The molecule has 0 aliphatic heterocycles. The summed E-state index contributed by atoms with van der Waals surface area (Å²) in [6, 6.07) is 0.211. The lowest BCUT2D eigenvalue weighted by Gasteiger charge is -2.05. The number of primary amides is 1. The maximum Gasteiger partial charge on any atom is 0.337 e. The molecule has 1 rings (SSSR count). The molecule has 0 atom stereocenters. The molecule has 0 fully saturated rings. The van der Waals surface area contributed by atoms with Crippen LogP contribution >= 0.6 is 0 Å². The molecule has 0 unspecified atom stereocenters. The molecule has 17 heavy (non-hydrogen) atoms. The van der Waals surface area contributed by atoms with Crippen molar-refractivity contribution >= 4 is 17.9 Å². The fourth-order valence-corrected chi connectivity index (χ4v) is 0.937. The van der Waals surface area contributed by atoms with E-state index >= 15 is 0 Å². The zero-order valence-electron chi connectivity index (χ0n) is 8.54. The minimum atomic E-state index is -1.16. The summed E-state index contributed by atoms with van der Waals surface area (Å²) in [6.07, 6.45) is 2.38. The molecule has 0 saturated heterocycles. The first kappa shape index (κ1) is 12.4. The minimum Gasteiger partial charge on any atom is -0.482 e. The number of ether oxygens (including phenoxy) is 1. The number of hydrogen-bond acceptors (Lipinski definition) is 5. The normalized spacial score (nSPS) is 9.41. The van der Waals surface area contributed by atoms with Crippen LogP contribution in [0.1, 0.15) is 10.4 Å². The molecule has 90 valence electrons. The Bertz CT molecular complexity index is 460. The predicted molar refractivity (Wildman–Crippen MR) is 54.4 cm³/mol. The van der Waals surface area contributed by atoms with Gasteiger partial charge in [0, 0.05) is 6.20 Å². The molecule has 0 aromatic carbocycles. The van der Waals surface area contributed by atoms with Crippen LogP contribution in [0.5, 0.6) is 5.75 Å². The molecule has 0 aliphatic carbocycles. The summed E-state index contributed by atoms with van der Waals surface area (Å²) < 4.78 is 4.91. The highest BCUT2D eigenvalue weighted by Crippen LogP contribution is 2.10. The number of carbonyl (C=O) groups is 3. The van der Waals surface area contributed by atoms with Crippen LogP contribution in [0.4, 0.5) is 4.79 Å². The average molecular weight is 239 g/mol. The molecule has 1 heterocycles. The van der Waals surface area contributed by atoms with Gasteiger partial charge in [-0.05, 0) is 6.07 Å². The van der Waals surface area contributed by atoms with Crippen LogP contribution in [0.15, 0.2) is 18.5 Å². The number of amides is 3. The van der Waals surface area contributed by atoms with Gasteiger partial charge in [-0.25, -0.2) is 9.59 Å². The van der Waals surface area contributed by atoms with Crippen molar-refractivity contribution in [3.8, 4) is 5.75 Å². The number of carbonyl (C=O) groups excluding carboxylic acids is 2. The first-order valence-corrected chi connectivity index (χ1v) is 4.39. The summed E-state index contributed by atoms with van der Waals surface area (Å²) in [6.45, 7) is -0.465. The van der Waals surface area contributed by atoms with E-state index < -0.39 is 24.5 Å². The van der Waals surface area contributed by atoms with Crippen molar-refractivity contribution in [3.05, 3.63) is 24.0 Å². The van der Waals surface area contributed by atoms with Crippen LogP contribution in [0.25, 0.3) is 0 Å². The van der Waals surface area contributed by atoms with Gasteiger partial charge < -0.3 is 15.6 Å². The molecule has 8 nitrogen and oxygen atoms in total. The smallest absolute Gasteiger partial charge is 0.337 e. The Morgan fingerprint density at radius 1 is 1.41 bits per heavy atom. The number of nitrogens with one attached hydrogen (secondary N) is 1.